The smallest absolute Gasteiger partial charge is 0.257 e. The molecule has 2 rings (SSSR count). The predicted octanol–water partition coefficient (Wildman–Crippen LogP) is 2.03. The zero-order valence-corrected chi connectivity index (χ0v) is 11.4. The quantitative estimate of drug-likeness (QED) is 0.894. The Balaban J connectivity index is 2.09. The first-order chi connectivity index (χ1) is 9.60. The van der Waals surface area contributed by atoms with Crippen molar-refractivity contribution in [2.45, 2.75) is 26.0 Å². The second-order valence-electron chi connectivity index (χ2n) is 4.64. The van der Waals surface area contributed by atoms with Gasteiger partial charge in [-0.15, -0.1) is 0 Å². The van der Waals surface area contributed by atoms with E-state index in [0.29, 0.717) is 23.9 Å². The van der Waals surface area contributed by atoms with Gasteiger partial charge >= 0.3 is 0 Å². The van der Waals surface area contributed by atoms with Crippen molar-refractivity contribution in [2.24, 2.45) is 5.73 Å². The first-order valence-electron chi connectivity index (χ1n) is 6.31. The number of nitrogens with zero attached hydrogens (tertiary/aromatic N) is 3. The van der Waals surface area contributed by atoms with Gasteiger partial charge in [0.05, 0.1) is 30.4 Å². The summed E-state index contributed by atoms with van der Waals surface area (Å²) in [6, 6.07) is 8.53. The molecule has 0 aliphatic heterocycles. The molecule has 1 aromatic carbocycles. The number of ether oxygens (including phenoxy) is 1. The number of rotatable bonds is 5. The fraction of sp³-hybridized carbons (Fsp3) is 0.357. The summed E-state index contributed by atoms with van der Waals surface area (Å²) in [5.74, 6) is 0.787. The van der Waals surface area contributed by atoms with Crippen LogP contribution in [0.4, 0.5) is 0 Å². The van der Waals surface area contributed by atoms with Crippen LogP contribution in [0.15, 0.2) is 28.8 Å². The van der Waals surface area contributed by atoms with Crippen molar-refractivity contribution in [3.05, 3.63) is 35.7 Å². The molecule has 0 amide bonds. The lowest BCUT2D eigenvalue weighted by molar-refractivity contribution is 0.0665. The summed E-state index contributed by atoms with van der Waals surface area (Å²) in [7, 11) is 0. The second-order valence-corrected chi connectivity index (χ2v) is 4.64. The van der Waals surface area contributed by atoms with E-state index in [9.17, 15) is 0 Å². The minimum atomic E-state index is -0.423. The molecular formula is C14H16N4O2. The van der Waals surface area contributed by atoms with Gasteiger partial charge in [-0.3, -0.25) is 0 Å². The van der Waals surface area contributed by atoms with E-state index < -0.39 is 6.04 Å². The highest BCUT2D eigenvalue weighted by Gasteiger charge is 2.16. The highest BCUT2D eigenvalue weighted by Crippen LogP contribution is 2.19. The Labute approximate surface area is 117 Å². The number of nitriles is 1. The van der Waals surface area contributed by atoms with Gasteiger partial charge in [0.2, 0.25) is 0 Å². The lowest BCUT2D eigenvalue weighted by atomic mass is 10.1. The fourth-order valence-corrected chi connectivity index (χ4v) is 1.56. The average molecular weight is 272 g/mol. The van der Waals surface area contributed by atoms with Crippen LogP contribution in [0.5, 0.6) is 0 Å². The highest BCUT2D eigenvalue weighted by molar-refractivity contribution is 5.54. The summed E-state index contributed by atoms with van der Waals surface area (Å²) < 4.78 is 10.6. The molecule has 20 heavy (non-hydrogen) atoms. The van der Waals surface area contributed by atoms with Crippen LogP contribution < -0.4 is 5.73 Å². The van der Waals surface area contributed by atoms with E-state index in [0.717, 1.165) is 5.56 Å². The van der Waals surface area contributed by atoms with Crippen LogP contribution in [0.2, 0.25) is 0 Å². The molecule has 6 nitrogen and oxygen atoms in total. The van der Waals surface area contributed by atoms with Crippen molar-refractivity contribution in [1.82, 2.24) is 10.1 Å². The number of benzene rings is 1. The van der Waals surface area contributed by atoms with Crippen molar-refractivity contribution in [3.8, 4) is 17.5 Å². The van der Waals surface area contributed by atoms with Gasteiger partial charge in [-0.25, -0.2) is 0 Å². The summed E-state index contributed by atoms with van der Waals surface area (Å²) >= 11 is 0. The number of hydrogen-bond acceptors (Lipinski definition) is 6. The van der Waals surface area contributed by atoms with Crippen LogP contribution >= 0.6 is 0 Å². The highest BCUT2D eigenvalue weighted by atomic mass is 16.5. The first-order valence-corrected chi connectivity index (χ1v) is 6.31. The van der Waals surface area contributed by atoms with Crippen molar-refractivity contribution in [2.75, 3.05) is 6.61 Å². The predicted molar refractivity (Wildman–Crippen MR) is 72.5 cm³/mol. The van der Waals surface area contributed by atoms with Crippen molar-refractivity contribution in [1.29, 1.82) is 5.26 Å². The number of nitrogens with two attached hydrogens (primary N) is 1. The van der Waals surface area contributed by atoms with E-state index in [-0.39, 0.29) is 6.10 Å². The van der Waals surface area contributed by atoms with Gasteiger partial charge in [0.25, 0.3) is 5.89 Å². The van der Waals surface area contributed by atoms with E-state index in [1.54, 1.807) is 24.3 Å². The molecule has 0 aliphatic rings. The number of hydrogen-bond donors (Lipinski definition) is 1. The molecule has 0 fully saturated rings. The van der Waals surface area contributed by atoms with E-state index in [4.69, 9.17) is 20.3 Å². The van der Waals surface area contributed by atoms with E-state index in [1.165, 1.54) is 0 Å². The van der Waals surface area contributed by atoms with Crippen LogP contribution in [0, 0.1) is 11.3 Å². The first kappa shape index (κ1) is 14.2. The van der Waals surface area contributed by atoms with E-state index in [1.807, 2.05) is 13.8 Å². The van der Waals surface area contributed by atoms with Gasteiger partial charge in [0.15, 0.2) is 5.82 Å². The Morgan fingerprint density at radius 3 is 2.65 bits per heavy atom. The third-order valence-corrected chi connectivity index (χ3v) is 2.64. The summed E-state index contributed by atoms with van der Waals surface area (Å²) in [5.41, 5.74) is 7.26. The molecule has 2 N–H and O–H groups in total. The second kappa shape index (κ2) is 6.28. The summed E-state index contributed by atoms with van der Waals surface area (Å²) in [6.45, 7) is 4.21. The minimum Gasteiger partial charge on any atom is -0.377 e. The maximum atomic E-state index is 8.75. The van der Waals surface area contributed by atoms with Crippen LogP contribution in [-0.4, -0.2) is 22.9 Å². The van der Waals surface area contributed by atoms with Gasteiger partial charge in [-0.1, -0.05) is 5.16 Å². The lowest BCUT2D eigenvalue weighted by Gasteiger charge is -2.10. The SMILES string of the molecule is CC(C)OCC(N)c1noc(-c2ccc(C#N)cc2)n1. The molecule has 0 saturated heterocycles. The Morgan fingerprint density at radius 1 is 1.35 bits per heavy atom. The largest absolute Gasteiger partial charge is 0.377 e. The molecule has 0 bridgehead atoms. The molecule has 0 radical (unpaired) electrons. The van der Waals surface area contributed by atoms with Crippen LogP contribution in [0.3, 0.4) is 0 Å². The third kappa shape index (κ3) is 3.41. The third-order valence-electron chi connectivity index (χ3n) is 2.64. The van der Waals surface area contributed by atoms with Crippen molar-refractivity contribution >= 4 is 0 Å². The zero-order chi connectivity index (χ0) is 14.5. The lowest BCUT2D eigenvalue weighted by Crippen LogP contribution is -2.20. The van der Waals surface area contributed by atoms with Gasteiger partial charge in [0, 0.05) is 5.56 Å². The molecular weight excluding hydrogens is 256 g/mol. The minimum absolute atomic E-state index is 0.103. The molecule has 1 heterocycles. The summed E-state index contributed by atoms with van der Waals surface area (Å²) in [5, 5.41) is 12.6. The normalized spacial score (nSPS) is 12.3. The Bertz CT molecular complexity index is 598. The van der Waals surface area contributed by atoms with Gasteiger partial charge < -0.3 is 15.0 Å². The monoisotopic (exact) mass is 272 g/mol. The fourth-order valence-electron chi connectivity index (χ4n) is 1.56. The van der Waals surface area contributed by atoms with Gasteiger partial charge in [-0.2, -0.15) is 10.2 Å². The summed E-state index contributed by atoms with van der Waals surface area (Å²) in [4.78, 5) is 4.25. The van der Waals surface area contributed by atoms with Crippen LogP contribution in [-0.2, 0) is 4.74 Å². The standard InChI is InChI=1S/C14H16N4O2/c1-9(2)19-8-12(16)13-17-14(20-18-13)11-5-3-10(7-15)4-6-11/h3-6,9,12H,8,16H2,1-2H3. The maximum Gasteiger partial charge on any atom is 0.257 e. The molecule has 0 spiro atoms. The van der Waals surface area contributed by atoms with Crippen LogP contribution in [0.1, 0.15) is 31.3 Å². The molecule has 0 aliphatic carbocycles. The topological polar surface area (TPSA) is 98.0 Å². The molecule has 1 atom stereocenters. The summed E-state index contributed by atoms with van der Waals surface area (Å²) in [6.07, 6.45) is 0.103. The zero-order valence-electron chi connectivity index (χ0n) is 11.4. The van der Waals surface area contributed by atoms with E-state index >= 15 is 0 Å². The van der Waals surface area contributed by atoms with Crippen molar-refractivity contribution < 1.29 is 9.26 Å². The Kier molecular flexibility index (Phi) is 4.45. The van der Waals surface area contributed by atoms with Gasteiger partial charge in [-0.05, 0) is 38.1 Å². The van der Waals surface area contributed by atoms with Crippen molar-refractivity contribution in [3.63, 3.8) is 0 Å². The maximum absolute atomic E-state index is 8.75. The molecule has 104 valence electrons. The van der Waals surface area contributed by atoms with E-state index in [2.05, 4.69) is 16.2 Å². The Hall–Kier alpha value is -2.23. The average Bonchev–Trinajstić information content (AvgIpc) is 2.94. The Morgan fingerprint density at radius 2 is 2.05 bits per heavy atom. The molecule has 1 unspecified atom stereocenters. The molecule has 2 aromatic rings. The molecule has 1 aromatic heterocycles. The van der Waals surface area contributed by atoms with Gasteiger partial charge in [0.1, 0.15) is 0 Å². The number of aromatic nitrogens is 2. The van der Waals surface area contributed by atoms with Crippen LogP contribution in [0.25, 0.3) is 11.5 Å². The molecule has 6 heteroatoms. The molecule has 0 saturated carbocycles.